The van der Waals surface area contributed by atoms with Crippen molar-refractivity contribution < 1.29 is 14.3 Å². The summed E-state index contributed by atoms with van der Waals surface area (Å²) in [4.78, 5) is 14.7. The summed E-state index contributed by atoms with van der Waals surface area (Å²) in [6.45, 7) is 3.38. The second-order valence-electron chi connectivity index (χ2n) is 7.98. The van der Waals surface area contributed by atoms with Crippen LogP contribution in [0.3, 0.4) is 0 Å². The number of esters is 1. The highest BCUT2D eigenvalue weighted by molar-refractivity contribution is 5.71. The predicted octanol–water partition coefficient (Wildman–Crippen LogP) is 2.67. The van der Waals surface area contributed by atoms with Crippen molar-refractivity contribution in [1.82, 2.24) is 4.90 Å². The van der Waals surface area contributed by atoms with Crippen molar-refractivity contribution in [1.29, 1.82) is 0 Å². The van der Waals surface area contributed by atoms with Crippen molar-refractivity contribution in [2.45, 2.75) is 75.8 Å². The molecule has 4 aliphatic heterocycles. The Morgan fingerprint density at radius 2 is 2.10 bits per heavy atom. The zero-order chi connectivity index (χ0) is 14.2. The molecule has 4 heteroatoms. The van der Waals surface area contributed by atoms with E-state index in [1.807, 2.05) is 0 Å². The maximum atomic E-state index is 12.2. The van der Waals surface area contributed by atoms with Crippen molar-refractivity contribution >= 4 is 5.97 Å². The average molecular weight is 291 g/mol. The lowest BCUT2D eigenvalue weighted by atomic mass is 9.63. The minimum absolute atomic E-state index is 0.0285. The van der Waals surface area contributed by atoms with Gasteiger partial charge in [-0.25, -0.2) is 4.90 Å². The number of piperidine rings is 1. The van der Waals surface area contributed by atoms with Crippen LogP contribution in [0.5, 0.6) is 0 Å². The number of carbonyl (C=O) groups is 1. The van der Waals surface area contributed by atoms with Crippen molar-refractivity contribution in [2.75, 3.05) is 6.54 Å². The molecule has 0 N–H and O–H groups in total. The number of nitrogens with zero attached hydrogens (tertiary/aromatic N) is 1. The topological polar surface area (TPSA) is 38.8 Å². The molecule has 0 aromatic carbocycles. The van der Waals surface area contributed by atoms with Crippen molar-refractivity contribution in [3.05, 3.63) is 0 Å². The number of carbonyl (C=O) groups excluding carboxylic acids is 1. The fourth-order valence-corrected chi connectivity index (χ4v) is 6.36. The van der Waals surface area contributed by atoms with Crippen LogP contribution in [0.4, 0.5) is 0 Å². The SMILES string of the molecule is C[C@H]1C[C@@H]2CCN3[C@@]1(CCC1[C@@H]4CCC[C@@]13OC(=O)C4)O2. The Balaban J connectivity index is 1.61. The van der Waals surface area contributed by atoms with E-state index in [0.29, 0.717) is 30.3 Å². The summed E-state index contributed by atoms with van der Waals surface area (Å²) < 4.78 is 12.6. The molecule has 0 radical (unpaired) electrons. The van der Waals surface area contributed by atoms with Crippen molar-refractivity contribution in [2.24, 2.45) is 17.8 Å². The highest BCUT2D eigenvalue weighted by atomic mass is 16.6. The fourth-order valence-electron chi connectivity index (χ4n) is 6.36. The van der Waals surface area contributed by atoms with Crippen LogP contribution in [0.15, 0.2) is 0 Å². The fraction of sp³-hybridized carbons (Fsp3) is 0.941. The summed E-state index contributed by atoms with van der Waals surface area (Å²) in [7, 11) is 0. The molecule has 4 heterocycles. The molecule has 4 saturated heterocycles. The Hall–Kier alpha value is -0.610. The summed E-state index contributed by atoms with van der Waals surface area (Å²) in [5.41, 5.74) is -0.473. The van der Waals surface area contributed by atoms with Crippen LogP contribution in [0.2, 0.25) is 0 Å². The number of ether oxygens (including phenoxy) is 2. The van der Waals surface area contributed by atoms with Gasteiger partial charge in [0.1, 0.15) is 5.72 Å². The molecule has 1 saturated carbocycles. The van der Waals surface area contributed by atoms with Crippen LogP contribution in [0.25, 0.3) is 0 Å². The van der Waals surface area contributed by atoms with Crippen LogP contribution in [-0.4, -0.2) is 35.0 Å². The molecule has 5 aliphatic rings. The second-order valence-corrected chi connectivity index (χ2v) is 7.98. The van der Waals surface area contributed by atoms with Gasteiger partial charge in [0.25, 0.3) is 0 Å². The number of hydrogen-bond acceptors (Lipinski definition) is 4. The third-order valence-corrected chi connectivity index (χ3v) is 7.14. The van der Waals surface area contributed by atoms with E-state index in [9.17, 15) is 4.79 Å². The van der Waals surface area contributed by atoms with E-state index in [0.717, 1.165) is 25.8 Å². The first kappa shape index (κ1) is 12.9. The van der Waals surface area contributed by atoms with Crippen LogP contribution in [0, 0.1) is 17.8 Å². The van der Waals surface area contributed by atoms with Gasteiger partial charge in [0.15, 0.2) is 5.72 Å². The Labute approximate surface area is 126 Å². The van der Waals surface area contributed by atoms with Crippen LogP contribution in [-0.2, 0) is 14.3 Å². The third-order valence-electron chi connectivity index (χ3n) is 7.14. The smallest absolute Gasteiger partial charge is 0.307 e. The van der Waals surface area contributed by atoms with Gasteiger partial charge < -0.3 is 9.47 Å². The highest BCUT2D eigenvalue weighted by Crippen LogP contribution is 2.60. The molecule has 5 rings (SSSR count). The Morgan fingerprint density at radius 1 is 1.19 bits per heavy atom. The molecule has 116 valence electrons. The van der Waals surface area contributed by atoms with E-state index in [4.69, 9.17) is 9.47 Å². The first-order valence-corrected chi connectivity index (χ1v) is 8.81. The van der Waals surface area contributed by atoms with Gasteiger partial charge in [-0.1, -0.05) is 6.92 Å². The molecule has 1 unspecified atom stereocenters. The maximum absolute atomic E-state index is 12.2. The maximum Gasteiger partial charge on any atom is 0.307 e. The molecular formula is C17H25NO3. The van der Waals surface area contributed by atoms with Gasteiger partial charge in [-0.15, -0.1) is 0 Å². The molecule has 1 spiro atoms. The largest absolute Gasteiger partial charge is 0.443 e. The summed E-state index contributed by atoms with van der Waals surface area (Å²) in [5.74, 6) is 1.68. The van der Waals surface area contributed by atoms with Gasteiger partial charge in [-0.2, -0.15) is 0 Å². The van der Waals surface area contributed by atoms with Gasteiger partial charge in [0.2, 0.25) is 0 Å². The number of hydrogen-bond donors (Lipinski definition) is 0. The highest BCUT2D eigenvalue weighted by Gasteiger charge is 2.68. The first-order valence-electron chi connectivity index (χ1n) is 8.81. The molecule has 1 aliphatic carbocycles. The Morgan fingerprint density at radius 3 is 3.00 bits per heavy atom. The number of fused-ring (bicyclic) bond motifs is 1. The minimum Gasteiger partial charge on any atom is -0.443 e. The molecule has 0 amide bonds. The normalized spacial score (nSPS) is 55.6. The van der Waals surface area contributed by atoms with E-state index in [-0.39, 0.29) is 17.4 Å². The van der Waals surface area contributed by atoms with Gasteiger partial charge in [-0.3, -0.25) is 4.79 Å². The molecular weight excluding hydrogens is 266 g/mol. The standard InChI is InChI=1S/C17H25NO3/c1-11-9-13-5-8-18-16(11,20-13)7-4-14-12-3-2-6-17(14,18)21-15(19)10-12/h11-14H,2-10H2,1H3/t11-,12+,13-,14?,16-,17+/m0/s1. The Bertz CT molecular complexity index is 494. The van der Waals surface area contributed by atoms with Crippen LogP contribution < -0.4 is 0 Å². The van der Waals surface area contributed by atoms with Crippen molar-refractivity contribution in [3.63, 3.8) is 0 Å². The van der Waals surface area contributed by atoms with E-state index in [2.05, 4.69) is 11.8 Å². The van der Waals surface area contributed by atoms with Crippen LogP contribution in [0.1, 0.15) is 58.3 Å². The van der Waals surface area contributed by atoms with E-state index in [1.165, 1.54) is 25.7 Å². The zero-order valence-corrected chi connectivity index (χ0v) is 12.8. The second kappa shape index (κ2) is 4.02. The predicted molar refractivity (Wildman–Crippen MR) is 76.2 cm³/mol. The minimum atomic E-state index is -0.333. The lowest BCUT2D eigenvalue weighted by Gasteiger charge is -2.65. The molecule has 21 heavy (non-hydrogen) atoms. The summed E-state index contributed by atoms with van der Waals surface area (Å²) >= 11 is 0. The van der Waals surface area contributed by atoms with Gasteiger partial charge in [-0.05, 0) is 44.4 Å². The average Bonchev–Trinajstić information content (AvgIpc) is 2.67. The molecule has 0 aromatic rings. The van der Waals surface area contributed by atoms with E-state index in [1.54, 1.807) is 0 Å². The monoisotopic (exact) mass is 291 g/mol. The van der Waals surface area contributed by atoms with E-state index < -0.39 is 0 Å². The lowest BCUT2D eigenvalue weighted by Crippen LogP contribution is -2.74. The van der Waals surface area contributed by atoms with Crippen molar-refractivity contribution in [3.8, 4) is 0 Å². The van der Waals surface area contributed by atoms with Gasteiger partial charge in [0, 0.05) is 31.2 Å². The van der Waals surface area contributed by atoms with Crippen LogP contribution >= 0.6 is 0 Å². The quantitative estimate of drug-likeness (QED) is 0.643. The van der Waals surface area contributed by atoms with E-state index >= 15 is 0 Å². The van der Waals surface area contributed by atoms with Gasteiger partial charge in [0.05, 0.1) is 6.10 Å². The summed E-state index contributed by atoms with van der Waals surface area (Å²) in [5, 5.41) is 0. The molecule has 5 fully saturated rings. The number of rotatable bonds is 0. The zero-order valence-electron chi connectivity index (χ0n) is 12.8. The molecule has 6 atom stereocenters. The third kappa shape index (κ3) is 1.46. The summed E-state index contributed by atoms with van der Waals surface area (Å²) in [6.07, 6.45) is 9.08. The molecule has 4 nitrogen and oxygen atoms in total. The lowest BCUT2D eigenvalue weighted by molar-refractivity contribution is -0.342. The first-order chi connectivity index (χ1) is 10.1. The Kier molecular flexibility index (Phi) is 2.47. The summed E-state index contributed by atoms with van der Waals surface area (Å²) in [6, 6.07) is 0. The molecule has 0 aromatic heterocycles. The van der Waals surface area contributed by atoms with Gasteiger partial charge >= 0.3 is 5.97 Å². The molecule has 4 bridgehead atoms.